The first-order valence-electron chi connectivity index (χ1n) is 5.91. The second-order valence-corrected chi connectivity index (χ2v) is 5.70. The van der Waals surface area contributed by atoms with E-state index in [0.717, 1.165) is 5.56 Å². The average molecular weight is 360 g/mol. The molecular weight excluding hydrogens is 347 g/mol. The minimum atomic E-state index is -1.14. The minimum absolute atomic E-state index is 0.113. The van der Waals surface area contributed by atoms with Crippen LogP contribution in [0, 0.1) is 12.7 Å². The van der Waals surface area contributed by atoms with Gasteiger partial charge < -0.3 is 9.84 Å². The van der Waals surface area contributed by atoms with E-state index in [4.69, 9.17) is 16.3 Å². The summed E-state index contributed by atoms with van der Waals surface area (Å²) in [6.45, 7) is 1.89. The summed E-state index contributed by atoms with van der Waals surface area (Å²) in [5.74, 6) is -0.0288. The number of hydrogen-bond acceptors (Lipinski definition) is 2. The van der Waals surface area contributed by atoms with Gasteiger partial charge in [-0.15, -0.1) is 0 Å². The summed E-state index contributed by atoms with van der Waals surface area (Å²) in [6.07, 6.45) is -1.14. The highest BCUT2D eigenvalue weighted by Crippen LogP contribution is 2.35. The van der Waals surface area contributed by atoms with Crippen molar-refractivity contribution >= 4 is 27.5 Å². The number of methoxy groups -OCH3 is 1. The molecule has 0 aromatic heterocycles. The molecule has 1 atom stereocenters. The van der Waals surface area contributed by atoms with Crippen molar-refractivity contribution in [2.75, 3.05) is 7.11 Å². The summed E-state index contributed by atoms with van der Waals surface area (Å²) in [5.41, 5.74) is 1.57. The highest BCUT2D eigenvalue weighted by Gasteiger charge is 2.20. The molecule has 0 heterocycles. The summed E-state index contributed by atoms with van der Waals surface area (Å²) in [6, 6.07) is 8.02. The third kappa shape index (κ3) is 2.97. The second-order valence-electron chi connectivity index (χ2n) is 4.44. The van der Waals surface area contributed by atoms with Crippen molar-refractivity contribution < 1.29 is 14.2 Å². The summed E-state index contributed by atoms with van der Waals surface area (Å²) < 4.78 is 19.7. The Labute approximate surface area is 130 Å². The fraction of sp³-hybridized carbons (Fsp3) is 0.200. The lowest BCUT2D eigenvalue weighted by atomic mass is 9.98. The van der Waals surface area contributed by atoms with E-state index in [9.17, 15) is 9.50 Å². The van der Waals surface area contributed by atoms with Crippen molar-refractivity contribution in [3.05, 3.63) is 62.3 Å². The van der Waals surface area contributed by atoms with Gasteiger partial charge in [0.1, 0.15) is 17.7 Å². The SMILES string of the molecule is COc1ccc(C)cc1C(O)c1cc(Cl)c(Br)cc1F. The van der Waals surface area contributed by atoms with Gasteiger partial charge >= 0.3 is 0 Å². The number of rotatable bonds is 3. The van der Waals surface area contributed by atoms with E-state index in [-0.39, 0.29) is 5.56 Å². The number of aliphatic hydroxyl groups excluding tert-OH is 1. The lowest BCUT2D eigenvalue weighted by Gasteiger charge is -2.17. The first kappa shape index (κ1) is 15.3. The van der Waals surface area contributed by atoms with Gasteiger partial charge in [-0.25, -0.2) is 4.39 Å². The Hall–Kier alpha value is -1.10. The van der Waals surface area contributed by atoms with Gasteiger partial charge in [0.15, 0.2) is 0 Å². The second kappa shape index (κ2) is 6.12. The zero-order valence-electron chi connectivity index (χ0n) is 11.0. The van der Waals surface area contributed by atoms with Gasteiger partial charge in [-0.2, -0.15) is 0 Å². The zero-order valence-corrected chi connectivity index (χ0v) is 13.3. The summed E-state index contributed by atoms with van der Waals surface area (Å²) >= 11 is 9.11. The summed E-state index contributed by atoms with van der Waals surface area (Å²) in [4.78, 5) is 0. The monoisotopic (exact) mass is 358 g/mol. The van der Waals surface area contributed by atoms with Gasteiger partial charge in [0.05, 0.1) is 12.1 Å². The van der Waals surface area contributed by atoms with Crippen molar-refractivity contribution in [3.63, 3.8) is 0 Å². The van der Waals surface area contributed by atoms with Crippen LogP contribution in [0.3, 0.4) is 0 Å². The number of aliphatic hydroxyl groups is 1. The number of ether oxygens (including phenoxy) is 1. The molecule has 0 amide bonds. The molecule has 1 unspecified atom stereocenters. The summed E-state index contributed by atoms with van der Waals surface area (Å²) in [7, 11) is 1.51. The normalized spacial score (nSPS) is 12.3. The largest absolute Gasteiger partial charge is 0.496 e. The van der Waals surface area contributed by atoms with Crippen LogP contribution in [0.15, 0.2) is 34.8 Å². The standard InChI is InChI=1S/C15H13BrClFO2/c1-8-3-4-14(20-2)10(5-8)15(19)9-6-12(17)11(16)7-13(9)18/h3-7,15,19H,1-2H3. The van der Waals surface area contributed by atoms with Gasteiger partial charge in [0.2, 0.25) is 0 Å². The van der Waals surface area contributed by atoms with Crippen molar-refractivity contribution in [2.45, 2.75) is 13.0 Å². The molecule has 2 rings (SSSR count). The molecule has 0 bridgehead atoms. The van der Waals surface area contributed by atoms with E-state index < -0.39 is 11.9 Å². The number of halogens is 3. The van der Waals surface area contributed by atoms with Crippen molar-refractivity contribution in [3.8, 4) is 5.75 Å². The predicted octanol–water partition coefficient (Wildman–Crippen LogP) is 4.64. The van der Waals surface area contributed by atoms with Crippen molar-refractivity contribution in [1.29, 1.82) is 0 Å². The van der Waals surface area contributed by atoms with Gasteiger partial charge in [-0.3, -0.25) is 0 Å². The van der Waals surface area contributed by atoms with Crippen LogP contribution in [0.2, 0.25) is 5.02 Å². The maximum atomic E-state index is 14.0. The fourth-order valence-electron chi connectivity index (χ4n) is 1.98. The summed E-state index contributed by atoms with van der Waals surface area (Å²) in [5, 5.41) is 10.8. The van der Waals surface area contributed by atoms with Crippen molar-refractivity contribution in [2.24, 2.45) is 0 Å². The molecule has 106 valence electrons. The maximum absolute atomic E-state index is 14.0. The molecule has 2 aromatic rings. The highest BCUT2D eigenvalue weighted by molar-refractivity contribution is 9.10. The molecule has 2 nitrogen and oxygen atoms in total. The molecule has 20 heavy (non-hydrogen) atoms. The molecule has 2 aromatic carbocycles. The lowest BCUT2D eigenvalue weighted by molar-refractivity contribution is 0.209. The third-order valence-electron chi connectivity index (χ3n) is 3.01. The maximum Gasteiger partial charge on any atom is 0.130 e. The number of hydrogen-bond donors (Lipinski definition) is 1. The van der Waals surface area contributed by atoms with E-state index in [1.165, 1.54) is 19.2 Å². The van der Waals surface area contributed by atoms with Crippen LogP contribution in [0.4, 0.5) is 4.39 Å². The van der Waals surface area contributed by atoms with Gasteiger partial charge in [-0.05, 0) is 47.1 Å². The van der Waals surface area contributed by atoms with Crippen LogP contribution >= 0.6 is 27.5 Å². The third-order valence-corrected chi connectivity index (χ3v) is 4.21. The molecule has 5 heteroatoms. The van der Waals surface area contributed by atoms with Crippen LogP contribution in [0.5, 0.6) is 5.75 Å². The molecule has 0 aliphatic carbocycles. The first-order valence-corrected chi connectivity index (χ1v) is 7.08. The highest BCUT2D eigenvalue weighted by atomic mass is 79.9. The van der Waals surface area contributed by atoms with E-state index in [1.807, 2.05) is 13.0 Å². The Bertz CT molecular complexity index is 646. The lowest BCUT2D eigenvalue weighted by Crippen LogP contribution is -2.05. The molecule has 0 saturated carbocycles. The minimum Gasteiger partial charge on any atom is -0.496 e. The Morgan fingerprint density at radius 3 is 2.60 bits per heavy atom. The van der Waals surface area contributed by atoms with E-state index >= 15 is 0 Å². The van der Waals surface area contributed by atoms with E-state index in [2.05, 4.69) is 15.9 Å². The smallest absolute Gasteiger partial charge is 0.130 e. The van der Waals surface area contributed by atoms with Crippen molar-refractivity contribution in [1.82, 2.24) is 0 Å². The number of benzene rings is 2. The molecular formula is C15H13BrClFO2. The Morgan fingerprint density at radius 2 is 1.95 bits per heavy atom. The van der Waals surface area contributed by atoms with Gasteiger partial charge in [0.25, 0.3) is 0 Å². The zero-order chi connectivity index (χ0) is 14.9. The van der Waals surface area contributed by atoms with Crippen LogP contribution < -0.4 is 4.74 Å². The topological polar surface area (TPSA) is 29.5 Å². The Balaban J connectivity index is 2.54. The van der Waals surface area contributed by atoms with E-state index in [1.54, 1.807) is 12.1 Å². The molecule has 0 aliphatic rings. The molecule has 0 aliphatic heterocycles. The van der Waals surface area contributed by atoms with Gasteiger partial charge in [-0.1, -0.05) is 23.2 Å². The predicted molar refractivity (Wildman–Crippen MR) is 80.9 cm³/mol. The Morgan fingerprint density at radius 1 is 1.25 bits per heavy atom. The number of aryl methyl sites for hydroxylation is 1. The molecule has 1 N–H and O–H groups in total. The van der Waals surface area contributed by atoms with Crippen LogP contribution in [0.1, 0.15) is 22.8 Å². The molecule has 0 radical (unpaired) electrons. The van der Waals surface area contributed by atoms with E-state index in [0.29, 0.717) is 20.8 Å². The molecule has 0 saturated heterocycles. The van der Waals surface area contributed by atoms with Gasteiger partial charge in [0, 0.05) is 15.6 Å². The Kier molecular flexibility index (Phi) is 4.68. The van der Waals surface area contributed by atoms with Crippen LogP contribution in [0.25, 0.3) is 0 Å². The molecule has 0 fully saturated rings. The molecule has 0 spiro atoms. The quantitative estimate of drug-likeness (QED) is 0.809. The first-order chi connectivity index (χ1) is 9.43. The van der Waals surface area contributed by atoms with Crippen LogP contribution in [-0.4, -0.2) is 12.2 Å². The fourth-order valence-corrected chi connectivity index (χ4v) is 2.47. The average Bonchev–Trinajstić information content (AvgIpc) is 2.42. The van der Waals surface area contributed by atoms with Crippen LogP contribution in [-0.2, 0) is 0 Å².